The van der Waals surface area contributed by atoms with Gasteiger partial charge >= 0.3 is 6.18 Å². The van der Waals surface area contributed by atoms with Gasteiger partial charge in [0.25, 0.3) is 0 Å². The Kier molecular flexibility index (Phi) is 4.00. The summed E-state index contributed by atoms with van der Waals surface area (Å²) in [6.07, 6.45) is -4.41. The van der Waals surface area contributed by atoms with Crippen molar-refractivity contribution in [1.82, 2.24) is 19.6 Å². The Balaban J connectivity index is 1.96. The summed E-state index contributed by atoms with van der Waals surface area (Å²) in [4.78, 5) is 4.33. The van der Waals surface area contributed by atoms with Crippen molar-refractivity contribution in [2.45, 2.75) is 12.7 Å². The first-order chi connectivity index (χ1) is 8.86. The second kappa shape index (κ2) is 5.38. The third kappa shape index (κ3) is 3.60. The number of hydrogen-bond donors (Lipinski definition) is 1. The number of alkyl halides is 3. The summed E-state index contributed by atoms with van der Waals surface area (Å²) in [6.45, 7) is 4.37. The van der Waals surface area contributed by atoms with E-state index in [0.717, 1.165) is 36.9 Å². The molecule has 0 spiro atoms. The van der Waals surface area contributed by atoms with Gasteiger partial charge in [-0.3, -0.25) is 9.58 Å². The summed E-state index contributed by atoms with van der Waals surface area (Å²) in [5, 5.41) is 3.71. The maximum Gasteiger partial charge on any atom is 0.433 e. The molecule has 0 amide bonds. The first kappa shape index (κ1) is 14.1. The SMILES string of the molecule is CN1CCN(CCn2nc(N)cc2C(F)(F)F)CC1. The molecule has 2 heterocycles. The maximum atomic E-state index is 12.7. The Morgan fingerprint density at radius 2 is 1.84 bits per heavy atom. The van der Waals surface area contributed by atoms with Gasteiger partial charge in [-0.05, 0) is 7.05 Å². The van der Waals surface area contributed by atoms with Crippen molar-refractivity contribution >= 4 is 5.82 Å². The van der Waals surface area contributed by atoms with Crippen LogP contribution in [0.3, 0.4) is 0 Å². The number of piperazine rings is 1. The van der Waals surface area contributed by atoms with E-state index in [4.69, 9.17) is 5.73 Å². The lowest BCUT2D eigenvalue weighted by molar-refractivity contribution is -0.144. The minimum Gasteiger partial charge on any atom is -0.382 e. The minimum atomic E-state index is -4.41. The molecular formula is C11H18F3N5. The molecule has 19 heavy (non-hydrogen) atoms. The molecule has 1 fully saturated rings. The fourth-order valence-corrected chi connectivity index (χ4v) is 2.14. The van der Waals surface area contributed by atoms with Crippen LogP contribution in [0.4, 0.5) is 19.0 Å². The number of likely N-dealkylation sites (N-methyl/N-ethyl adjacent to an activating group) is 1. The predicted molar refractivity (Wildman–Crippen MR) is 65.6 cm³/mol. The van der Waals surface area contributed by atoms with Gasteiger partial charge in [-0.2, -0.15) is 18.3 Å². The average molecular weight is 277 g/mol. The average Bonchev–Trinajstić information content (AvgIpc) is 2.70. The zero-order valence-electron chi connectivity index (χ0n) is 10.8. The van der Waals surface area contributed by atoms with Crippen molar-refractivity contribution in [3.63, 3.8) is 0 Å². The second-order valence-corrected chi connectivity index (χ2v) is 4.82. The van der Waals surface area contributed by atoms with Crippen LogP contribution in [0, 0.1) is 0 Å². The van der Waals surface area contributed by atoms with Crippen LogP contribution in [-0.4, -0.2) is 59.4 Å². The number of nitrogen functional groups attached to an aromatic ring is 1. The Labute approximate surface area is 109 Å². The molecule has 108 valence electrons. The van der Waals surface area contributed by atoms with E-state index in [0.29, 0.717) is 6.54 Å². The molecule has 0 bridgehead atoms. The molecular weight excluding hydrogens is 259 g/mol. The fraction of sp³-hybridized carbons (Fsp3) is 0.727. The first-order valence-corrected chi connectivity index (χ1v) is 6.17. The lowest BCUT2D eigenvalue weighted by Gasteiger charge is -2.32. The first-order valence-electron chi connectivity index (χ1n) is 6.17. The Bertz CT molecular complexity index is 420. The smallest absolute Gasteiger partial charge is 0.382 e. The molecule has 0 unspecified atom stereocenters. The zero-order chi connectivity index (χ0) is 14.0. The Hall–Kier alpha value is -1.28. The van der Waals surface area contributed by atoms with Crippen LogP contribution in [0.5, 0.6) is 0 Å². The van der Waals surface area contributed by atoms with Crippen LogP contribution >= 0.6 is 0 Å². The van der Waals surface area contributed by atoms with E-state index in [1.54, 1.807) is 0 Å². The van der Waals surface area contributed by atoms with E-state index in [1.165, 1.54) is 0 Å². The second-order valence-electron chi connectivity index (χ2n) is 4.82. The molecule has 0 saturated carbocycles. The van der Waals surface area contributed by atoms with Crippen molar-refractivity contribution in [1.29, 1.82) is 0 Å². The number of hydrogen-bond acceptors (Lipinski definition) is 4. The van der Waals surface area contributed by atoms with Crippen LogP contribution in [-0.2, 0) is 12.7 Å². The molecule has 1 aromatic rings. The molecule has 0 radical (unpaired) electrons. The van der Waals surface area contributed by atoms with Gasteiger partial charge in [0, 0.05) is 38.8 Å². The van der Waals surface area contributed by atoms with Gasteiger partial charge in [0.05, 0.1) is 6.54 Å². The lowest BCUT2D eigenvalue weighted by atomic mass is 10.3. The lowest BCUT2D eigenvalue weighted by Crippen LogP contribution is -2.45. The van der Waals surface area contributed by atoms with E-state index < -0.39 is 11.9 Å². The maximum absolute atomic E-state index is 12.7. The van der Waals surface area contributed by atoms with Crippen molar-refractivity contribution in [2.24, 2.45) is 0 Å². The highest BCUT2D eigenvalue weighted by Crippen LogP contribution is 2.30. The molecule has 1 aliphatic heterocycles. The standard InChI is InChI=1S/C11H18F3N5/c1-17-2-4-18(5-3-17)6-7-19-9(11(12,13)14)8-10(15)16-19/h8H,2-7H2,1H3,(H2,15,16). The molecule has 1 aliphatic rings. The summed E-state index contributed by atoms with van der Waals surface area (Å²) in [5.41, 5.74) is 4.57. The van der Waals surface area contributed by atoms with Gasteiger partial charge in [0.1, 0.15) is 11.5 Å². The highest BCUT2D eigenvalue weighted by atomic mass is 19.4. The van der Waals surface area contributed by atoms with Crippen LogP contribution in [0.2, 0.25) is 0 Å². The Morgan fingerprint density at radius 1 is 1.21 bits per heavy atom. The highest BCUT2D eigenvalue weighted by Gasteiger charge is 2.35. The minimum absolute atomic E-state index is 0.0919. The quantitative estimate of drug-likeness (QED) is 0.885. The number of halogens is 3. The van der Waals surface area contributed by atoms with Gasteiger partial charge in [0.2, 0.25) is 0 Å². The molecule has 0 atom stereocenters. The van der Waals surface area contributed by atoms with Gasteiger partial charge in [-0.25, -0.2) is 0 Å². The van der Waals surface area contributed by atoms with Crippen LogP contribution in [0.1, 0.15) is 5.69 Å². The Morgan fingerprint density at radius 3 is 2.42 bits per heavy atom. The van der Waals surface area contributed by atoms with Crippen molar-refractivity contribution in [3.8, 4) is 0 Å². The molecule has 2 N–H and O–H groups in total. The van der Waals surface area contributed by atoms with Crippen molar-refractivity contribution in [2.75, 3.05) is 45.5 Å². The summed E-state index contributed by atoms with van der Waals surface area (Å²) >= 11 is 0. The third-order valence-corrected chi connectivity index (χ3v) is 3.31. The van der Waals surface area contributed by atoms with Crippen molar-refractivity contribution < 1.29 is 13.2 Å². The molecule has 8 heteroatoms. The van der Waals surface area contributed by atoms with Gasteiger partial charge in [-0.15, -0.1) is 0 Å². The number of anilines is 1. The summed E-state index contributed by atoms with van der Waals surface area (Å²) in [6, 6.07) is 0.879. The highest BCUT2D eigenvalue weighted by molar-refractivity contribution is 5.30. The number of aromatic nitrogens is 2. The molecule has 0 aromatic carbocycles. The van der Waals surface area contributed by atoms with E-state index in [2.05, 4.69) is 14.9 Å². The van der Waals surface area contributed by atoms with E-state index >= 15 is 0 Å². The van der Waals surface area contributed by atoms with Crippen LogP contribution in [0.25, 0.3) is 0 Å². The van der Waals surface area contributed by atoms with Crippen LogP contribution in [0.15, 0.2) is 6.07 Å². The fourth-order valence-electron chi connectivity index (χ4n) is 2.14. The van der Waals surface area contributed by atoms with E-state index in [9.17, 15) is 13.2 Å². The predicted octanol–water partition coefficient (Wildman–Crippen LogP) is 0.731. The van der Waals surface area contributed by atoms with Gasteiger partial charge < -0.3 is 10.6 Å². The summed E-state index contributed by atoms with van der Waals surface area (Å²) in [7, 11) is 2.04. The number of rotatable bonds is 3. The topological polar surface area (TPSA) is 50.3 Å². The third-order valence-electron chi connectivity index (χ3n) is 3.31. The number of nitrogens with zero attached hydrogens (tertiary/aromatic N) is 4. The largest absolute Gasteiger partial charge is 0.433 e. The molecule has 5 nitrogen and oxygen atoms in total. The zero-order valence-corrected chi connectivity index (χ0v) is 10.8. The monoisotopic (exact) mass is 277 g/mol. The van der Waals surface area contributed by atoms with Gasteiger partial charge in [-0.1, -0.05) is 0 Å². The summed E-state index contributed by atoms with van der Waals surface area (Å²) in [5.74, 6) is -0.0919. The normalized spacial score (nSPS) is 18.9. The molecule has 1 saturated heterocycles. The molecule has 1 aromatic heterocycles. The number of nitrogens with two attached hydrogens (primary N) is 1. The molecule has 2 rings (SSSR count). The van der Waals surface area contributed by atoms with Crippen molar-refractivity contribution in [3.05, 3.63) is 11.8 Å². The summed E-state index contributed by atoms with van der Waals surface area (Å²) < 4.78 is 39.2. The van der Waals surface area contributed by atoms with E-state index in [-0.39, 0.29) is 12.4 Å². The van der Waals surface area contributed by atoms with Gasteiger partial charge in [0.15, 0.2) is 0 Å². The van der Waals surface area contributed by atoms with E-state index in [1.807, 2.05) is 7.05 Å². The molecule has 0 aliphatic carbocycles. The van der Waals surface area contributed by atoms with Crippen LogP contribution < -0.4 is 5.73 Å².